The smallest absolute Gasteiger partial charge is 0.0181 e. The SMILES string of the molecule is CC(CN)c1ccc2cc(Br)ccc2c1. The van der Waals surface area contributed by atoms with Gasteiger partial charge in [0.25, 0.3) is 0 Å². The Hall–Kier alpha value is -0.860. The zero-order valence-electron chi connectivity index (χ0n) is 8.70. The average molecular weight is 264 g/mol. The van der Waals surface area contributed by atoms with E-state index in [0.717, 1.165) is 4.47 Å². The minimum Gasteiger partial charge on any atom is -0.330 e. The third-order valence-electron chi connectivity index (χ3n) is 2.75. The molecule has 1 unspecified atom stereocenters. The van der Waals surface area contributed by atoms with E-state index in [4.69, 9.17) is 5.73 Å². The van der Waals surface area contributed by atoms with Crippen LogP contribution in [-0.2, 0) is 0 Å². The summed E-state index contributed by atoms with van der Waals surface area (Å²) < 4.78 is 1.12. The van der Waals surface area contributed by atoms with Gasteiger partial charge in [-0.25, -0.2) is 0 Å². The first-order chi connectivity index (χ1) is 7.20. The Labute approximate surface area is 98.4 Å². The molecular formula is C13H14BrN. The van der Waals surface area contributed by atoms with Crippen molar-refractivity contribution in [3.63, 3.8) is 0 Å². The van der Waals surface area contributed by atoms with E-state index in [1.54, 1.807) is 0 Å². The average Bonchev–Trinajstić information content (AvgIpc) is 2.27. The first-order valence-corrected chi connectivity index (χ1v) is 5.89. The molecule has 0 aliphatic rings. The Morgan fingerprint density at radius 3 is 2.53 bits per heavy atom. The number of benzene rings is 2. The number of halogens is 1. The number of hydrogen-bond acceptors (Lipinski definition) is 1. The normalized spacial score (nSPS) is 13.0. The minimum atomic E-state index is 0.429. The van der Waals surface area contributed by atoms with Gasteiger partial charge in [0.1, 0.15) is 0 Å². The van der Waals surface area contributed by atoms with Crippen molar-refractivity contribution in [1.82, 2.24) is 0 Å². The van der Waals surface area contributed by atoms with Gasteiger partial charge in [0.15, 0.2) is 0 Å². The molecule has 1 atom stereocenters. The quantitative estimate of drug-likeness (QED) is 0.880. The number of fused-ring (bicyclic) bond motifs is 1. The molecule has 0 radical (unpaired) electrons. The molecule has 2 N–H and O–H groups in total. The van der Waals surface area contributed by atoms with Gasteiger partial charge in [0.2, 0.25) is 0 Å². The molecule has 78 valence electrons. The fourth-order valence-electron chi connectivity index (χ4n) is 1.68. The molecule has 15 heavy (non-hydrogen) atoms. The van der Waals surface area contributed by atoms with E-state index in [0.29, 0.717) is 12.5 Å². The molecule has 2 aromatic rings. The van der Waals surface area contributed by atoms with E-state index in [-0.39, 0.29) is 0 Å². The zero-order chi connectivity index (χ0) is 10.8. The summed E-state index contributed by atoms with van der Waals surface area (Å²) in [6.45, 7) is 2.85. The van der Waals surface area contributed by atoms with Crippen molar-refractivity contribution in [1.29, 1.82) is 0 Å². The second kappa shape index (κ2) is 4.33. The van der Waals surface area contributed by atoms with Gasteiger partial charge in [-0.2, -0.15) is 0 Å². The summed E-state index contributed by atoms with van der Waals surface area (Å²) in [6, 6.07) is 12.9. The number of hydrogen-bond donors (Lipinski definition) is 1. The van der Waals surface area contributed by atoms with Crippen LogP contribution in [0.5, 0.6) is 0 Å². The molecule has 0 amide bonds. The van der Waals surface area contributed by atoms with Gasteiger partial charge in [0, 0.05) is 4.47 Å². The fraction of sp³-hybridized carbons (Fsp3) is 0.231. The summed E-state index contributed by atoms with van der Waals surface area (Å²) in [5.41, 5.74) is 6.98. The largest absolute Gasteiger partial charge is 0.330 e. The van der Waals surface area contributed by atoms with Crippen molar-refractivity contribution >= 4 is 26.7 Å². The molecule has 0 heterocycles. The van der Waals surface area contributed by atoms with Gasteiger partial charge in [-0.05, 0) is 40.9 Å². The van der Waals surface area contributed by atoms with Gasteiger partial charge in [-0.15, -0.1) is 0 Å². The molecule has 0 aliphatic carbocycles. The summed E-state index contributed by atoms with van der Waals surface area (Å²) in [5, 5.41) is 2.54. The van der Waals surface area contributed by atoms with Crippen LogP contribution in [0.1, 0.15) is 18.4 Å². The minimum absolute atomic E-state index is 0.429. The summed E-state index contributed by atoms with van der Waals surface area (Å²) >= 11 is 3.47. The van der Waals surface area contributed by atoms with Crippen LogP contribution in [0.4, 0.5) is 0 Å². The molecule has 0 spiro atoms. The van der Waals surface area contributed by atoms with Crippen molar-refractivity contribution in [2.24, 2.45) is 5.73 Å². The molecule has 0 fully saturated rings. The highest BCUT2D eigenvalue weighted by Crippen LogP contribution is 2.23. The van der Waals surface area contributed by atoms with Crippen LogP contribution in [0.25, 0.3) is 10.8 Å². The van der Waals surface area contributed by atoms with Gasteiger partial charge >= 0.3 is 0 Å². The molecular weight excluding hydrogens is 250 g/mol. The van der Waals surface area contributed by atoms with Crippen LogP contribution < -0.4 is 5.73 Å². The van der Waals surface area contributed by atoms with Crippen molar-refractivity contribution in [3.05, 3.63) is 46.4 Å². The summed E-state index contributed by atoms with van der Waals surface area (Å²) in [6.07, 6.45) is 0. The highest BCUT2D eigenvalue weighted by molar-refractivity contribution is 9.10. The Morgan fingerprint density at radius 2 is 1.80 bits per heavy atom. The van der Waals surface area contributed by atoms with Crippen LogP contribution in [0.2, 0.25) is 0 Å². The highest BCUT2D eigenvalue weighted by Gasteiger charge is 2.03. The van der Waals surface area contributed by atoms with Crippen LogP contribution in [-0.4, -0.2) is 6.54 Å². The molecule has 0 saturated heterocycles. The lowest BCUT2D eigenvalue weighted by atomic mass is 9.98. The van der Waals surface area contributed by atoms with E-state index >= 15 is 0 Å². The highest BCUT2D eigenvalue weighted by atomic mass is 79.9. The maximum absolute atomic E-state index is 5.66. The van der Waals surface area contributed by atoms with E-state index in [9.17, 15) is 0 Å². The van der Waals surface area contributed by atoms with Crippen LogP contribution in [0.15, 0.2) is 40.9 Å². The predicted molar refractivity (Wildman–Crippen MR) is 69.1 cm³/mol. The van der Waals surface area contributed by atoms with Crippen molar-refractivity contribution < 1.29 is 0 Å². The zero-order valence-corrected chi connectivity index (χ0v) is 10.3. The maximum Gasteiger partial charge on any atom is 0.0181 e. The summed E-state index contributed by atoms with van der Waals surface area (Å²) in [7, 11) is 0. The van der Waals surface area contributed by atoms with Crippen LogP contribution in [0, 0.1) is 0 Å². The third-order valence-corrected chi connectivity index (χ3v) is 3.24. The first kappa shape index (κ1) is 10.7. The molecule has 0 aliphatic heterocycles. The Kier molecular flexibility index (Phi) is 3.08. The Morgan fingerprint density at radius 1 is 1.13 bits per heavy atom. The molecule has 2 heteroatoms. The monoisotopic (exact) mass is 263 g/mol. The molecule has 0 aromatic heterocycles. The van der Waals surface area contributed by atoms with Gasteiger partial charge < -0.3 is 5.73 Å². The summed E-state index contributed by atoms with van der Waals surface area (Å²) in [5.74, 6) is 0.429. The lowest BCUT2D eigenvalue weighted by Crippen LogP contribution is -2.08. The predicted octanol–water partition coefficient (Wildman–Crippen LogP) is 3.66. The first-order valence-electron chi connectivity index (χ1n) is 5.10. The molecule has 0 bridgehead atoms. The summed E-state index contributed by atoms with van der Waals surface area (Å²) in [4.78, 5) is 0. The third kappa shape index (κ3) is 2.21. The maximum atomic E-state index is 5.66. The second-order valence-electron chi connectivity index (χ2n) is 3.89. The van der Waals surface area contributed by atoms with E-state index in [2.05, 4.69) is 59.3 Å². The van der Waals surface area contributed by atoms with E-state index < -0.39 is 0 Å². The lowest BCUT2D eigenvalue weighted by molar-refractivity contribution is 0.775. The second-order valence-corrected chi connectivity index (χ2v) is 4.80. The van der Waals surface area contributed by atoms with Gasteiger partial charge in [0.05, 0.1) is 0 Å². The Bertz CT molecular complexity index is 479. The molecule has 2 rings (SSSR count). The van der Waals surface area contributed by atoms with E-state index in [1.165, 1.54) is 16.3 Å². The van der Waals surface area contributed by atoms with Crippen LogP contribution >= 0.6 is 15.9 Å². The topological polar surface area (TPSA) is 26.0 Å². The van der Waals surface area contributed by atoms with Crippen LogP contribution in [0.3, 0.4) is 0 Å². The molecule has 2 aromatic carbocycles. The number of rotatable bonds is 2. The lowest BCUT2D eigenvalue weighted by Gasteiger charge is -2.09. The van der Waals surface area contributed by atoms with Gasteiger partial charge in [-0.1, -0.05) is 47.1 Å². The molecule has 0 saturated carbocycles. The fourth-order valence-corrected chi connectivity index (χ4v) is 2.06. The van der Waals surface area contributed by atoms with Gasteiger partial charge in [-0.3, -0.25) is 0 Å². The number of nitrogens with two attached hydrogens (primary N) is 1. The Balaban J connectivity index is 2.52. The molecule has 1 nitrogen and oxygen atoms in total. The van der Waals surface area contributed by atoms with Crippen molar-refractivity contribution in [3.8, 4) is 0 Å². The van der Waals surface area contributed by atoms with Crippen molar-refractivity contribution in [2.75, 3.05) is 6.54 Å². The van der Waals surface area contributed by atoms with E-state index in [1.807, 2.05) is 0 Å². The standard InChI is InChI=1S/C13H14BrN/c1-9(8-15)10-2-3-12-7-13(14)5-4-11(12)6-10/h2-7,9H,8,15H2,1H3. The van der Waals surface area contributed by atoms with Crippen molar-refractivity contribution in [2.45, 2.75) is 12.8 Å².